The molecule has 0 aliphatic carbocycles. The van der Waals surface area contributed by atoms with Crippen LogP contribution < -0.4 is 10.4 Å². The molecule has 0 saturated carbocycles. The molecule has 5 atom stereocenters. The molecule has 15 heteroatoms. The lowest BCUT2D eigenvalue weighted by molar-refractivity contribution is -0.282. The molecule has 206 valence electrons. The molecule has 0 bridgehead atoms. The van der Waals surface area contributed by atoms with Gasteiger partial charge in [0.1, 0.15) is 11.3 Å². The molecule has 1 aromatic carbocycles. The Kier molecular flexibility index (Phi) is 8.29. The Labute approximate surface area is 211 Å². The fourth-order valence-electron chi connectivity index (χ4n) is 3.76. The lowest BCUT2D eigenvalue weighted by Gasteiger charge is -2.43. The van der Waals surface area contributed by atoms with Crippen molar-refractivity contribution in [2.45, 2.75) is 57.7 Å². The predicted octanol–water partition coefficient (Wildman–Crippen LogP) is 1.88. The summed E-state index contributed by atoms with van der Waals surface area (Å²) in [5.74, 6) is -4.07. The van der Waals surface area contributed by atoms with Crippen molar-refractivity contribution in [3.8, 4) is 5.75 Å². The van der Waals surface area contributed by atoms with E-state index in [0.29, 0.717) is 6.07 Å². The van der Waals surface area contributed by atoms with E-state index in [-0.39, 0.29) is 5.75 Å². The van der Waals surface area contributed by atoms with E-state index in [2.05, 4.69) is 4.74 Å². The lowest BCUT2D eigenvalue weighted by Crippen LogP contribution is -2.64. The van der Waals surface area contributed by atoms with Crippen molar-refractivity contribution in [1.82, 2.24) is 0 Å². The molecular weight excluding hydrogens is 525 g/mol. The van der Waals surface area contributed by atoms with E-state index in [1.807, 2.05) is 0 Å². The molecule has 2 aromatic rings. The first-order chi connectivity index (χ1) is 17.7. The topological polar surface area (TPSA) is 154 Å². The Morgan fingerprint density at radius 1 is 0.868 bits per heavy atom. The average Bonchev–Trinajstić information content (AvgIpc) is 2.79. The summed E-state index contributed by atoms with van der Waals surface area (Å²) >= 11 is 0. The number of rotatable bonds is 6. The van der Waals surface area contributed by atoms with Crippen LogP contribution in [0.3, 0.4) is 0 Å². The number of carbonyl (C=O) groups is 4. The molecule has 1 fully saturated rings. The third-order valence-corrected chi connectivity index (χ3v) is 5.11. The first-order valence-corrected chi connectivity index (χ1v) is 10.8. The summed E-state index contributed by atoms with van der Waals surface area (Å²) in [7, 11) is 0.995. The van der Waals surface area contributed by atoms with Gasteiger partial charge in [-0.1, -0.05) is 0 Å². The summed E-state index contributed by atoms with van der Waals surface area (Å²) in [5, 5.41) is -0.453. The van der Waals surface area contributed by atoms with Crippen LogP contribution >= 0.6 is 0 Å². The number of ether oxygens (including phenoxy) is 6. The highest BCUT2D eigenvalue weighted by atomic mass is 19.4. The van der Waals surface area contributed by atoms with Gasteiger partial charge in [-0.2, -0.15) is 13.2 Å². The monoisotopic (exact) mass is 546 g/mol. The Balaban J connectivity index is 2.09. The van der Waals surface area contributed by atoms with Gasteiger partial charge in [0.25, 0.3) is 0 Å². The zero-order valence-electron chi connectivity index (χ0n) is 20.2. The lowest BCUT2D eigenvalue weighted by atomic mass is 9.97. The smallest absolute Gasteiger partial charge is 0.417 e. The number of methoxy groups -OCH3 is 1. The van der Waals surface area contributed by atoms with Crippen molar-refractivity contribution in [2.75, 3.05) is 7.11 Å². The third kappa shape index (κ3) is 6.40. The van der Waals surface area contributed by atoms with Gasteiger partial charge in [-0.3, -0.25) is 14.4 Å². The van der Waals surface area contributed by atoms with E-state index < -0.39 is 82.9 Å². The minimum absolute atomic E-state index is 0.252. The molecule has 0 spiro atoms. The van der Waals surface area contributed by atoms with Crippen LogP contribution in [0.4, 0.5) is 13.2 Å². The van der Waals surface area contributed by atoms with Crippen LogP contribution in [0.5, 0.6) is 5.75 Å². The molecule has 2 heterocycles. The summed E-state index contributed by atoms with van der Waals surface area (Å²) in [6.07, 6.45) is -13.3. The highest BCUT2D eigenvalue weighted by Crippen LogP contribution is 2.36. The molecular formula is C23H21F3O12. The zero-order valence-corrected chi connectivity index (χ0v) is 20.2. The van der Waals surface area contributed by atoms with Crippen molar-refractivity contribution in [3.05, 3.63) is 40.2 Å². The summed E-state index contributed by atoms with van der Waals surface area (Å²) < 4.78 is 76.4. The maximum Gasteiger partial charge on any atom is 0.417 e. The van der Waals surface area contributed by atoms with Gasteiger partial charge in [0.05, 0.1) is 12.7 Å². The highest BCUT2D eigenvalue weighted by molar-refractivity contribution is 5.82. The van der Waals surface area contributed by atoms with Gasteiger partial charge < -0.3 is 32.8 Å². The molecule has 0 radical (unpaired) electrons. The first kappa shape index (κ1) is 28.4. The zero-order chi connectivity index (χ0) is 28.4. The van der Waals surface area contributed by atoms with E-state index in [1.54, 1.807) is 0 Å². The fourth-order valence-corrected chi connectivity index (χ4v) is 3.76. The predicted molar refractivity (Wildman–Crippen MR) is 115 cm³/mol. The third-order valence-electron chi connectivity index (χ3n) is 5.11. The van der Waals surface area contributed by atoms with E-state index in [0.717, 1.165) is 46.1 Å². The quantitative estimate of drug-likeness (QED) is 0.295. The van der Waals surface area contributed by atoms with Crippen molar-refractivity contribution in [1.29, 1.82) is 0 Å². The largest absolute Gasteiger partial charge is 0.467 e. The Morgan fingerprint density at radius 2 is 1.45 bits per heavy atom. The molecule has 0 amide bonds. The van der Waals surface area contributed by atoms with Crippen LogP contribution in [0.15, 0.2) is 33.5 Å². The standard InChI is InChI=1S/C23H21F3O12/c1-9(27)33-17-18(34-10(2)28)20(35-11(3)29)22(38-19(17)21(31)32-4)36-12-5-6-13-14(23(24,25)26)8-16(30)37-15(13)7-12/h5-8,17-20,22H,1-4H3/t17-,18-,19-,20+,22+/m0/s1. The number of fused-ring (bicyclic) bond motifs is 1. The molecule has 1 aliphatic heterocycles. The average molecular weight is 546 g/mol. The summed E-state index contributed by atoms with van der Waals surface area (Å²) in [5.41, 5.74) is -3.02. The summed E-state index contributed by atoms with van der Waals surface area (Å²) in [6, 6.07) is 3.26. The fraction of sp³-hybridized carbons (Fsp3) is 0.435. The normalized spacial score (nSPS) is 23.3. The molecule has 38 heavy (non-hydrogen) atoms. The number of hydrogen-bond donors (Lipinski definition) is 0. The first-order valence-electron chi connectivity index (χ1n) is 10.8. The second kappa shape index (κ2) is 11.1. The molecule has 3 rings (SSSR count). The van der Waals surface area contributed by atoms with Crippen LogP contribution in [0.2, 0.25) is 0 Å². The van der Waals surface area contributed by atoms with Crippen LogP contribution in [0, 0.1) is 0 Å². The Morgan fingerprint density at radius 3 is 2.00 bits per heavy atom. The van der Waals surface area contributed by atoms with Crippen molar-refractivity contribution >= 4 is 34.8 Å². The summed E-state index contributed by atoms with van der Waals surface area (Å²) in [6.45, 7) is 3.00. The maximum absolute atomic E-state index is 13.4. The van der Waals surface area contributed by atoms with Gasteiger partial charge in [0, 0.05) is 38.3 Å². The number of halogens is 3. The molecule has 1 aromatic heterocycles. The SMILES string of the molecule is COC(=O)[C@H]1O[C@@H](Oc2ccc3c(C(F)(F)F)cc(=O)oc3c2)[C@H](OC(C)=O)[C@@H](OC(C)=O)[C@@H]1OC(C)=O. The number of esters is 4. The number of alkyl halides is 3. The molecule has 1 saturated heterocycles. The van der Waals surface area contributed by atoms with Gasteiger partial charge in [0.15, 0.2) is 18.3 Å². The van der Waals surface area contributed by atoms with E-state index in [4.69, 9.17) is 28.1 Å². The number of hydrogen-bond acceptors (Lipinski definition) is 12. The van der Waals surface area contributed by atoms with Gasteiger partial charge in [-0.05, 0) is 12.1 Å². The van der Waals surface area contributed by atoms with E-state index >= 15 is 0 Å². The Hall–Kier alpha value is -4.14. The van der Waals surface area contributed by atoms with Crippen molar-refractivity contribution < 1.29 is 65.2 Å². The minimum atomic E-state index is -4.86. The van der Waals surface area contributed by atoms with E-state index in [1.165, 1.54) is 0 Å². The van der Waals surface area contributed by atoms with Gasteiger partial charge >= 0.3 is 35.7 Å². The highest BCUT2D eigenvalue weighted by Gasteiger charge is 2.55. The van der Waals surface area contributed by atoms with Crippen molar-refractivity contribution in [2.24, 2.45) is 0 Å². The van der Waals surface area contributed by atoms with Gasteiger partial charge in [-0.15, -0.1) is 0 Å². The second-order valence-corrected chi connectivity index (χ2v) is 7.92. The van der Waals surface area contributed by atoms with Crippen molar-refractivity contribution in [3.63, 3.8) is 0 Å². The number of carbonyl (C=O) groups excluding carboxylic acids is 4. The van der Waals surface area contributed by atoms with Crippen LogP contribution in [0.25, 0.3) is 11.0 Å². The molecule has 0 N–H and O–H groups in total. The van der Waals surface area contributed by atoms with Crippen LogP contribution in [-0.4, -0.2) is 61.7 Å². The maximum atomic E-state index is 13.4. The molecule has 1 aliphatic rings. The van der Waals surface area contributed by atoms with Gasteiger partial charge in [-0.25, -0.2) is 9.59 Å². The summed E-state index contributed by atoms with van der Waals surface area (Å²) in [4.78, 5) is 59.6. The Bertz CT molecular complexity index is 1300. The van der Waals surface area contributed by atoms with Crippen LogP contribution in [0.1, 0.15) is 26.3 Å². The second-order valence-electron chi connectivity index (χ2n) is 7.92. The molecule has 0 unspecified atom stereocenters. The minimum Gasteiger partial charge on any atom is -0.467 e. The van der Waals surface area contributed by atoms with E-state index in [9.17, 15) is 37.1 Å². The number of benzene rings is 1. The molecule has 12 nitrogen and oxygen atoms in total. The van der Waals surface area contributed by atoms with Gasteiger partial charge in [0.2, 0.25) is 12.4 Å². The van der Waals surface area contributed by atoms with Crippen LogP contribution in [-0.2, 0) is 49.0 Å².